The van der Waals surface area contributed by atoms with Crippen molar-refractivity contribution in [3.63, 3.8) is 0 Å². The van der Waals surface area contributed by atoms with E-state index in [2.05, 4.69) is 25.4 Å². The number of sulfonamides is 1. The van der Waals surface area contributed by atoms with Crippen molar-refractivity contribution in [2.75, 3.05) is 20.2 Å². The van der Waals surface area contributed by atoms with Crippen LogP contribution in [-0.2, 0) is 14.8 Å². The number of ether oxygens (including phenoxy) is 1. The maximum atomic E-state index is 12.1. The van der Waals surface area contributed by atoms with Crippen LogP contribution >= 0.6 is 15.9 Å². The van der Waals surface area contributed by atoms with Crippen molar-refractivity contribution in [3.8, 4) is 0 Å². The lowest BCUT2D eigenvalue weighted by Crippen LogP contribution is -2.25. The van der Waals surface area contributed by atoms with E-state index in [-0.39, 0.29) is 10.5 Å². The largest absolute Gasteiger partial charge is 0.465 e. The molecule has 112 valence electrons. The second-order valence-electron chi connectivity index (χ2n) is 4.03. The van der Waals surface area contributed by atoms with Gasteiger partial charge in [0.1, 0.15) is 0 Å². The number of benzene rings is 1. The Labute approximate surface area is 126 Å². The smallest absolute Gasteiger partial charge is 0.337 e. The van der Waals surface area contributed by atoms with E-state index in [4.69, 9.17) is 5.73 Å². The molecule has 0 amide bonds. The molecule has 20 heavy (non-hydrogen) atoms. The molecule has 6 nitrogen and oxygen atoms in total. The Morgan fingerprint density at radius 1 is 1.40 bits per heavy atom. The number of halogens is 1. The molecule has 0 fully saturated rings. The van der Waals surface area contributed by atoms with Crippen LogP contribution in [0.5, 0.6) is 0 Å². The Hall–Kier alpha value is -0.960. The van der Waals surface area contributed by atoms with Crippen molar-refractivity contribution in [3.05, 3.63) is 28.2 Å². The van der Waals surface area contributed by atoms with Crippen LogP contribution in [0.1, 0.15) is 23.2 Å². The third kappa shape index (κ3) is 4.55. The number of esters is 1. The Morgan fingerprint density at radius 3 is 2.65 bits per heavy atom. The van der Waals surface area contributed by atoms with Crippen molar-refractivity contribution >= 4 is 31.9 Å². The van der Waals surface area contributed by atoms with Crippen LogP contribution in [0.2, 0.25) is 0 Å². The molecule has 8 heteroatoms. The van der Waals surface area contributed by atoms with E-state index in [1.165, 1.54) is 25.3 Å². The van der Waals surface area contributed by atoms with E-state index in [0.717, 1.165) is 6.42 Å². The van der Waals surface area contributed by atoms with Crippen LogP contribution in [0, 0.1) is 0 Å². The molecule has 0 bridgehead atoms. The molecule has 0 saturated heterocycles. The van der Waals surface area contributed by atoms with Crippen LogP contribution in [0.15, 0.2) is 27.6 Å². The maximum absolute atomic E-state index is 12.1. The molecule has 0 heterocycles. The highest BCUT2D eigenvalue weighted by Gasteiger charge is 2.18. The third-order valence-electron chi connectivity index (χ3n) is 2.57. The highest BCUT2D eigenvalue weighted by molar-refractivity contribution is 9.10. The van der Waals surface area contributed by atoms with Crippen molar-refractivity contribution < 1.29 is 17.9 Å². The molecule has 1 aromatic rings. The number of carbonyl (C=O) groups is 1. The van der Waals surface area contributed by atoms with E-state index in [9.17, 15) is 13.2 Å². The Morgan fingerprint density at radius 2 is 2.10 bits per heavy atom. The Kier molecular flexibility index (Phi) is 6.60. The first kappa shape index (κ1) is 17.1. The molecule has 0 radical (unpaired) electrons. The lowest BCUT2D eigenvalue weighted by atomic mass is 10.2. The number of hydrogen-bond acceptors (Lipinski definition) is 5. The van der Waals surface area contributed by atoms with Crippen LogP contribution in [-0.4, -0.2) is 34.6 Å². The molecule has 0 unspecified atom stereocenters. The minimum absolute atomic E-state index is 0.0814. The van der Waals surface area contributed by atoms with Gasteiger partial charge in [-0.15, -0.1) is 0 Å². The quantitative estimate of drug-likeness (QED) is 0.560. The summed E-state index contributed by atoms with van der Waals surface area (Å²) in [6, 6.07) is 4.19. The summed E-state index contributed by atoms with van der Waals surface area (Å²) in [5.74, 6) is -0.523. The number of hydrogen-bond donors (Lipinski definition) is 2. The Balaban J connectivity index is 2.88. The first-order valence-electron chi connectivity index (χ1n) is 6.00. The monoisotopic (exact) mass is 364 g/mol. The number of rotatable bonds is 7. The molecule has 0 atom stereocenters. The fourth-order valence-corrected chi connectivity index (χ4v) is 3.67. The number of unbranched alkanes of at least 4 members (excludes halogenated alkanes) is 1. The fraction of sp³-hybridized carbons (Fsp3) is 0.417. The molecule has 0 spiro atoms. The van der Waals surface area contributed by atoms with Gasteiger partial charge in [-0.25, -0.2) is 17.9 Å². The first-order chi connectivity index (χ1) is 9.42. The molecule has 0 aliphatic heterocycles. The van der Waals surface area contributed by atoms with Gasteiger partial charge in [-0.3, -0.25) is 0 Å². The minimum Gasteiger partial charge on any atom is -0.465 e. The van der Waals surface area contributed by atoms with Crippen molar-refractivity contribution in [2.24, 2.45) is 5.73 Å². The van der Waals surface area contributed by atoms with E-state index >= 15 is 0 Å². The summed E-state index contributed by atoms with van der Waals surface area (Å²) in [4.78, 5) is 11.4. The minimum atomic E-state index is -3.61. The van der Waals surface area contributed by atoms with Gasteiger partial charge in [-0.1, -0.05) is 0 Å². The predicted octanol–water partition coefficient (Wildman–Crippen LogP) is 1.25. The zero-order chi connectivity index (χ0) is 15.2. The van der Waals surface area contributed by atoms with Crippen molar-refractivity contribution in [2.45, 2.75) is 17.7 Å². The second-order valence-corrected chi connectivity index (χ2v) is 6.62. The molecule has 3 N–H and O–H groups in total. The van der Waals surface area contributed by atoms with Gasteiger partial charge in [0, 0.05) is 11.0 Å². The van der Waals surface area contributed by atoms with Crippen LogP contribution in [0.4, 0.5) is 0 Å². The summed E-state index contributed by atoms with van der Waals surface area (Å²) in [6.45, 7) is 0.851. The molecular weight excluding hydrogens is 348 g/mol. The van der Waals surface area contributed by atoms with Gasteiger partial charge in [0.15, 0.2) is 0 Å². The normalized spacial score (nSPS) is 11.3. The summed E-state index contributed by atoms with van der Waals surface area (Å²) in [6.07, 6.45) is 1.43. The summed E-state index contributed by atoms with van der Waals surface area (Å²) < 4.78 is 31.5. The average Bonchev–Trinajstić information content (AvgIpc) is 2.42. The van der Waals surface area contributed by atoms with Gasteiger partial charge in [0.25, 0.3) is 0 Å². The number of methoxy groups -OCH3 is 1. The summed E-state index contributed by atoms with van der Waals surface area (Å²) in [5.41, 5.74) is 5.62. The highest BCUT2D eigenvalue weighted by atomic mass is 79.9. The van der Waals surface area contributed by atoms with Crippen LogP contribution in [0.3, 0.4) is 0 Å². The zero-order valence-corrected chi connectivity index (χ0v) is 13.5. The standard InChI is InChI=1S/C12H17BrN2O4S/c1-19-12(16)9-4-5-11(10(13)8-9)20(17,18)15-7-3-2-6-14/h4-5,8,15H,2-3,6-7,14H2,1H3. The average molecular weight is 365 g/mol. The Bertz CT molecular complexity index is 575. The highest BCUT2D eigenvalue weighted by Crippen LogP contribution is 2.23. The van der Waals surface area contributed by atoms with Crippen molar-refractivity contribution in [1.82, 2.24) is 4.72 Å². The molecule has 0 aliphatic carbocycles. The molecule has 1 aromatic carbocycles. The molecule has 0 aromatic heterocycles. The lowest BCUT2D eigenvalue weighted by molar-refractivity contribution is 0.0600. The number of carbonyl (C=O) groups excluding carboxylic acids is 1. The molecule has 0 aliphatic rings. The van der Waals surface area contributed by atoms with E-state index in [1.807, 2.05) is 0 Å². The number of nitrogens with two attached hydrogens (primary N) is 1. The molecule has 0 saturated carbocycles. The van der Waals surface area contributed by atoms with Crippen LogP contribution < -0.4 is 10.5 Å². The van der Waals surface area contributed by atoms with Crippen molar-refractivity contribution in [1.29, 1.82) is 0 Å². The zero-order valence-electron chi connectivity index (χ0n) is 11.1. The van der Waals surface area contributed by atoms with E-state index in [1.54, 1.807) is 0 Å². The topological polar surface area (TPSA) is 98.5 Å². The van der Waals surface area contributed by atoms with E-state index < -0.39 is 16.0 Å². The van der Waals surface area contributed by atoms with E-state index in [0.29, 0.717) is 24.0 Å². The summed E-state index contributed by atoms with van der Waals surface area (Å²) >= 11 is 3.16. The van der Waals surface area contributed by atoms with Gasteiger partial charge >= 0.3 is 5.97 Å². The first-order valence-corrected chi connectivity index (χ1v) is 8.27. The third-order valence-corrected chi connectivity index (χ3v) is 5.00. The van der Waals surface area contributed by atoms with Gasteiger partial charge in [-0.2, -0.15) is 0 Å². The molecule has 1 rings (SSSR count). The fourth-order valence-electron chi connectivity index (χ4n) is 1.52. The summed E-state index contributed by atoms with van der Waals surface area (Å²) in [7, 11) is -2.35. The van der Waals surface area contributed by atoms with Crippen LogP contribution in [0.25, 0.3) is 0 Å². The van der Waals surface area contributed by atoms with Gasteiger partial charge in [0.05, 0.1) is 17.6 Å². The second kappa shape index (κ2) is 7.72. The van der Waals surface area contributed by atoms with Gasteiger partial charge in [-0.05, 0) is 53.5 Å². The number of nitrogens with one attached hydrogen (secondary N) is 1. The molecular formula is C12H17BrN2O4S. The predicted molar refractivity (Wildman–Crippen MR) is 79.0 cm³/mol. The maximum Gasteiger partial charge on any atom is 0.337 e. The SMILES string of the molecule is COC(=O)c1ccc(S(=O)(=O)NCCCCN)c(Br)c1. The van der Waals surface area contributed by atoms with Gasteiger partial charge in [0.2, 0.25) is 10.0 Å². The lowest BCUT2D eigenvalue weighted by Gasteiger charge is -2.09. The summed E-state index contributed by atoms with van der Waals surface area (Å²) in [5, 5.41) is 0. The van der Waals surface area contributed by atoms with Gasteiger partial charge < -0.3 is 10.5 Å².